The Morgan fingerprint density at radius 2 is 1.74 bits per heavy atom. The summed E-state index contributed by atoms with van der Waals surface area (Å²) >= 11 is 0. The Morgan fingerprint density at radius 1 is 1.04 bits per heavy atom. The maximum absolute atomic E-state index is 12.7. The molecule has 5 nitrogen and oxygen atoms in total. The molecule has 2 aromatic carbocycles. The number of hydrogen-bond acceptors (Lipinski definition) is 5. The van der Waals surface area contributed by atoms with Crippen molar-refractivity contribution < 1.29 is 23.8 Å². The second-order valence-corrected chi connectivity index (χ2v) is 7.09. The van der Waals surface area contributed by atoms with Crippen LogP contribution in [0.2, 0.25) is 0 Å². The van der Waals surface area contributed by atoms with E-state index in [0.29, 0.717) is 17.1 Å². The van der Waals surface area contributed by atoms with E-state index in [1.54, 1.807) is 32.0 Å². The van der Waals surface area contributed by atoms with Gasteiger partial charge in [0, 0.05) is 5.56 Å². The number of esters is 1. The minimum absolute atomic E-state index is 0.206. The molecule has 2 aliphatic rings. The van der Waals surface area contributed by atoms with E-state index in [4.69, 9.17) is 14.2 Å². The van der Waals surface area contributed by atoms with Gasteiger partial charge < -0.3 is 14.2 Å². The molecule has 1 aliphatic carbocycles. The van der Waals surface area contributed by atoms with Crippen LogP contribution in [-0.2, 0) is 22.4 Å². The molecule has 3 atom stereocenters. The first kappa shape index (κ1) is 17.6. The molecule has 27 heavy (non-hydrogen) atoms. The summed E-state index contributed by atoms with van der Waals surface area (Å²) in [6.07, 6.45) is 0.882. The average Bonchev–Trinajstić information content (AvgIpc) is 3.14. The Bertz CT molecular complexity index is 888. The lowest BCUT2D eigenvalue weighted by molar-refractivity contribution is -0.160. The highest BCUT2D eigenvalue weighted by atomic mass is 16.6. The van der Waals surface area contributed by atoms with Gasteiger partial charge in [0.1, 0.15) is 6.10 Å². The fourth-order valence-electron chi connectivity index (χ4n) is 3.63. The Hall–Kier alpha value is -2.82. The lowest BCUT2D eigenvalue weighted by Gasteiger charge is -2.31. The summed E-state index contributed by atoms with van der Waals surface area (Å²) in [5.74, 6) is 0.285. The van der Waals surface area contributed by atoms with Gasteiger partial charge in [0.2, 0.25) is 11.9 Å². The first-order chi connectivity index (χ1) is 13.0. The van der Waals surface area contributed by atoms with Crippen LogP contribution in [-0.4, -0.2) is 30.1 Å². The van der Waals surface area contributed by atoms with Crippen LogP contribution in [0.25, 0.3) is 0 Å². The third kappa shape index (κ3) is 3.42. The van der Waals surface area contributed by atoms with Crippen molar-refractivity contribution in [1.29, 1.82) is 0 Å². The molecule has 0 spiro atoms. The van der Waals surface area contributed by atoms with Crippen molar-refractivity contribution in [1.82, 2.24) is 0 Å². The number of Topliss-reactive ketones (excluding diaryl/α,β-unsaturated/α-hetero) is 1. The van der Waals surface area contributed by atoms with E-state index in [2.05, 4.69) is 0 Å². The summed E-state index contributed by atoms with van der Waals surface area (Å²) in [5.41, 5.74) is 3.10. The van der Waals surface area contributed by atoms with Gasteiger partial charge in [-0.2, -0.15) is 0 Å². The maximum atomic E-state index is 12.7. The minimum Gasteiger partial charge on any atom is -0.482 e. The van der Waals surface area contributed by atoms with Gasteiger partial charge in [0.25, 0.3) is 0 Å². The monoisotopic (exact) mass is 366 g/mol. The van der Waals surface area contributed by atoms with E-state index in [1.807, 2.05) is 24.3 Å². The molecule has 1 aliphatic heterocycles. The quantitative estimate of drug-likeness (QED) is 0.612. The summed E-state index contributed by atoms with van der Waals surface area (Å²) in [4.78, 5) is 25.3. The number of hydrogen-bond donors (Lipinski definition) is 0. The number of aryl methyl sites for hydroxylation is 2. The summed E-state index contributed by atoms with van der Waals surface area (Å²) in [6, 6.07) is 12.9. The van der Waals surface area contributed by atoms with Crippen LogP contribution in [0.4, 0.5) is 0 Å². The van der Waals surface area contributed by atoms with E-state index >= 15 is 0 Å². The SMILES string of the molecule is CC(OC(=O)C1Oc2ccccc2OC1C)C(=O)c1ccc2c(c1)CCC2. The molecule has 0 bridgehead atoms. The first-order valence-electron chi connectivity index (χ1n) is 9.32. The number of ketones is 1. The fraction of sp³-hybridized carbons (Fsp3) is 0.364. The molecule has 0 radical (unpaired) electrons. The van der Waals surface area contributed by atoms with Gasteiger partial charge >= 0.3 is 5.97 Å². The number of fused-ring (bicyclic) bond motifs is 2. The zero-order valence-electron chi connectivity index (χ0n) is 15.4. The first-order valence-corrected chi connectivity index (χ1v) is 9.32. The molecular weight excluding hydrogens is 344 g/mol. The molecule has 5 heteroatoms. The zero-order chi connectivity index (χ0) is 19.0. The van der Waals surface area contributed by atoms with Crippen LogP contribution in [0.5, 0.6) is 11.5 Å². The molecule has 2 aromatic rings. The summed E-state index contributed by atoms with van der Waals surface area (Å²) in [5, 5.41) is 0. The van der Waals surface area contributed by atoms with Crippen molar-refractivity contribution in [2.45, 2.75) is 51.4 Å². The third-order valence-corrected chi connectivity index (χ3v) is 5.12. The predicted molar refractivity (Wildman–Crippen MR) is 99.3 cm³/mol. The molecule has 0 saturated heterocycles. The van der Waals surface area contributed by atoms with E-state index < -0.39 is 24.3 Å². The molecule has 0 amide bonds. The van der Waals surface area contributed by atoms with Crippen molar-refractivity contribution in [2.75, 3.05) is 0 Å². The highest BCUT2D eigenvalue weighted by Gasteiger charge is 2.37. The standard InChI is InChI=1S/C22H22O5/c1-13(20(23)17-11-10-15-6-5-7-16(15)12-17)26-22(24)21-14(2)25-18-8-3-4-9-19(18)27-21/h3-4,8-14,21H,5-7H2,1-2H3. The van der Waals surface area contributed by atoms with Gasteiger partial charge in [0.15, 0.2) is 17.6 Å². The third-order valence-electron chi connectivity index (χ3n) is 5.12. The molecule has 0 aromatic heterocycles. The average molecular weight is 366 g/mol. The maximum Gasteiger partial charge on any atom is 0.352 e. The highest BCUT2D eigenvalue weighted by molar-refractivity contribution is 6.00. The lowest BCUT2D eigenvalue weighted by Crippen LogP contribution is -2.46. The van der Waals surface area contributed by atoms with E-state index in [0.717, 1.165) is 19.3 Å². The number of carbonyl (C=O) groups excluding carboxylic acids is 2. The van der Waals surface area contributed by atoms with Gasteiger partial charge in [-0.3, -0.25) is 4.79 Å². The number of rotatable bonds is 4. The van der Waals surface area contributed by atoms with Gasteiger partial charge in [0.05, 0.1) is 0 Å². The summed E-state index contributed by atoms with van der Waals surface area (Å²) < 4.78 is 16.9. The molecule has 1 heterocycles. The van der Waals surface area contributed by atoms with Crippen LogP contribution in [0, 0.1) is 0 Å². The Kier molecular flexibility index (Phi) is 4.60. The van der Waals surface area contributed by atoms with Crippen molar-refractivity contribution in [3.8, 4) is 11.5 Å². The molecular formula is C22H22O5. The Morgan fingerprint density at radius 3 is 2.52 bits per heavy atom. The van der Waals surface area contributed by atoms with Crippen LogP contribution < -0.4 is 9.47 Å². The number of carbonyl (C=O) groups is 2. The second kappa shape index (κ2) is 7.06. The number of ether oxygens (including phenoxy) is 3. The van der Waals surface area contributed by atoms with Gasteiger partial charge in [-0.1, -0.05) is 24.3 Å². The minimum atomic E-state index is -0.907. The molecule has 4 rings (SSSR count). The zero-order valence-corrected chi connectivity index (χ0v) is 15.4. The smallest absolute Gasteiger partial charge is 0.352 e. The second-order valence-electron chi connectivity index (χ2n) is 7.09. The lowest BCUT2D eigenvalue weighted by atomic mass is 10.0. The van der Waals surface area contributed by atoms with Crippen LogP contribution in [0.15, 0.2) is 42.5 Å². The number of para-hydroxylation sites is 2. The van der Waals surface area contributed by atoms with Gasteiger partial charge in [-0.15, -0.1) is 0 Å². The van der Waals surface area contributed by atoms with Gasteiger partial charge in [-0.05, 0) is 62.4 Å². The molecule has 140 valence electrons. The molecule has 0 saturated carbocycles. The summed E-state index contributed by atoms with van der Waals surface area (Å²) in [7, 11) is 0. The molecule has 3 unspecified atom stereocenters. The van der Waals surface area contributed by atoms with Crippen molar-refractivity contribution >= 4 is 11.8 Å². The normalized spacial score (nSPS) is 21.3. The highest BCUT2D eigenvalue weighted by Crippen LogP contribution is 2.34. The Labute approximate surface area is 158 Å². The van der Waals surface area contributed by atoms with E-state index in [1.165, 1.54) is 11.1 Å². The summed E-state index contributed by atoms with van der Waals surface area (Å²) in [6.45, 7) is 3.34. The topological polar surface area (TPSA) is 61.8 Å². The van der Waals surface area contributed by atoms with E-state index in [-0.39, 0.29) is 5.78 Å². The molecule has 0 fully saturated rings. The Balaban J connectivity index is 1.44. The predicted octanol–water partition coefficient (Wildman–Crippen LogP) is 3.52. The van der Waals surface area contributed by atoms with Crippen LogP contribution >= 0.6 is 0 Å². The van der Waals surface area contributed by atoms with Gasteiger partial charge in [-0.25, -0.2) is 4.79 Å². The van der Waals surface area contributed by atoms with E-state index in [9.17, 15) is 9.59 Å². The van der Waals surface area contributed by atoms with Crippen LogP contribution in [0.1, 0.15) is 41.8 Å². The van der Waals surface area contributed by atoms with Crippen molar-refractivity contribution in [2.24, 2.45) is 0 Å². The molecule has 0 N–H and O–H groups in total. The van der Waals surface area contributed by atoms with Crippen LogP contribution in [0.3, 0.4) is 0 Å². The largest absolute Gasteiger partial charge is 0.482 e. The fourth-order valence-corrected chi connectivity index (χ4v) is 3.63. The van der Waals surface area contributed by atoms with Crippen molar-refractivity contribution in [3.63, 3.8) is 0 Å². The van der Waals surface area contributed by atoms with Crippen molar-refractivity contribution in [3.05, 3.63) is 59.2 Å². The number of benzene rings is 2.